The molecule has 0 bridgehead atoms. The molecular weight excluding hydrogens is 391 g/mol. The van der Waals surface area contributed by atoms with E-state index in [-0.39, 0.29) is 11.9 Å². The Morgan fingerprint density at radius 2 is 1.83 bits per heavy atom. The molecule has 0 unspecified atom stereocenters. The summed E-state index contributed by atoms with van der Waals surface area (Å²) < 4.78 is 40.1. The first-order valence-corrected chi connectivity index (χ1v) is 11.5. The first-order valence-electron chi connectivity index (χ1n) is 9.94. The zero-order valence-electron chi connectivity index (χ0n) is 16.5. The van der Waals surface area contributed by atoms with E-state index in [4.69, 9.17) is 0 Å². The van der Waals surface area contributed by atoms with Gasteiger partial charge in [-0.2, -0.15) is 0 Å². The standard InChI is InChI=1S/C21H25FN4O2S/c1-13(2)29(27,28)26-17-9-5-14(6-10-17)18-11-19-20(24-18)12-23-21(25-19)15-3-7-16(22)8-4-15/h3-4,7-8,11-14,17,24,26H,5-6,9-10H2,1-2H3/t14-,17-. The Morgan fingerprint density at radius 3 is 2.48 bits per heavy atom. The van der Waals surface area contributed by atoms with Gasteiger partial charge in [-0.1, -0.05) is 0 Å². The number of aromatic amines is 1. The Balaban J connectivity index is 1.47. The van der Waals surface area contributed by atoms with Crippen molar-refractivity contribution in [1.29, 1.82) is 0 Å². The van der Waals surface area contributed by atoms with Crippen molar-refractivity contribution < 1.29 is 12.8 Å². The van der Waals surface area contributed by atoms with Gasteiger partial charge >= 0.3 is 0 Å². The fourth-order valence-electron chi connectivity index (χ4n) is 3.79. The smallest absolute Gasteiger partial charge is 0.214 e. The van der Waals surface area contributed by atoms with Crippen LogP contribution in [0.3, 0.4) is 0 Å². The molecule has 1 fully saturated rings. The van der Waals surface area contributed by atoms with E-state index in [1.807, 2.05) is 6.07 Å². The molecule has 6 nitrogen and oxygen atoms in total. The highest BCUT2D eigenvalue weighted by Crippen LogP contribution is 2.34. The lowest BCUT2D eigenvalue weighted by atomic mass is 9.84. The molecule has 1 aliphatic carbocycles. The van der Waals surface area contributed by atoms with Crippen LogP contribution in [0.5, 0.6) is 0 Å². The Labute approximate surface area is 170 Å². The number of hydrogen-bond acceptors (Lipinski definition) is 4. The predicted octanol–water partition coefficient (Wildman–Crippen LogP) is 4.12. The number of benzene rings is 1. The second kappa shape index (κ2) is 7.84. The number of fused-ring (bicyclic) bond motifs is 1. The molecule has 0 radical (unpaired) electrons. The SMILES string of the molecule is CC(C)S(=O)(=O)N[C@H]1CC[C@H](c2cc3nc(-c4ccc(F)cc4)ncc3[nH]2)CC1. The average Bonchev–Trinajstić information content (AvgIpc) is 3.12. The third-order valence-corrected chi connectivity index (χ3v) is 7.51. The minimum Gasteiger partial charge on any atom is -0.356 e. The number of rotatable bonds is 5. The third-order valence-electron chi connectivity index (χ3n) is 5.61. The molecule has 0 aliphatic heterocycles. The van der Waals surface area contributed by atoms with E-state index < -0.39 is 15.3 Å². The fourth-order valence-corrected chi connectivity index (χ4v) is 4.76. The van der Waals surface area contributed by atoms with Gasteiger partial charge in [0.1, 0.15) is 5.82 Å². The monoisotopic (exact) mass is 416 g/mol. The molecule has 2 heterocycles. The maximum Gasteiger partial charge on any atom is 0.214 e. The Kier molecular flexibility index (Phi) is 5.40. The Hall–Kier alpha value is -2.32. The molecule has 1 aliphatic rings. The van der Waals surface area contributed by atoms with Crippen LogP contribution in [0.2, 0.25) is 0 Å². The lowest BCUT2D eigenvalue weighted by Gasteiger charge is -2.29. The van der Waals surface area contributed by atoms with Crippen molar-refractivity contribution in [2.24, 2.45) is 0 Å². The van der Waals surface area contributed by atoms with Crippen molar-refractivity contribution in [2.75, 3.05) is 0 Å². The van der Waals surface area contributed by atoms with Crippen molar-refractivity contribution in [3.8, 4) is 11.4 Å². The molecule has 0 atom stereocenters. The van der Waals surface area contributed by atoms with E-state index in [1.54, 1.807) is 32.2 Å². The summed E-state index contributed by atoms with van der Waals surface area (Å²) >= 11 is 0. The first kappa shape index (κ1) is 20.0. The quantitative estimate of drug-likeness (QED) is 0.655. The van der Waals surface area contributed by atoms with Crippen molar-refractivity contribution in [3.05, 3.63) is 48.0 Å². The molecular formula is C21H25FN4O2S. The number of nitrogens with one attached hydrogen (secondary N) is 2. The number of nitrogens with zero attached hydrogens (tertiary/aromatic N) is 2. The molecule has 1 aromatic carbocycles. The van der Waals surface area contributed by atoms with Crippen molar-refractivity contribution >= 4 is 21.1 Å². The van der Waals surface area contributed by atoms with Gasteiger partial charge in [0.15, 0.2) is 5.82 Å². The summed E-state index contributed by atoms with van der Waals surface area (Å²) in [7, 11) is -3.23. The Morgan fingerprint density at radius 1 is 1.14 bits per heavy atom. The molecule has 0 amide bonds. The van der Waals surface area contributed by atoms with Gasteiger partial charge in [-0.25, -0.2) is 27.5 Å². The summed E-state index contributed by atoms with van der Waals surface area (Å²) in [5, 5.41) is -0.414. The maximum atomic E-state index is 13.1. The Bertz CT molecular complexity index is 1100. The molecule has 29 heavy (non-hydrogen) atoms. The van der Waals surface area contributed by atoms with Crippen LogP contribution >= 0.6 is 0 Å². The van der Waals surface area contributed by atoms with E-state index >= 15 is 0 Å². The van der Waals surface area contributed by atoms with Gasteiger partial charge in [-0.3, -0.25) is 0 Å². The number of H-pyrrole nitrogens is 1. The van der Waals surface area contributed by atoms with Gasteiger partial charge in [0.2, 0.25) is 10.0 Å². The number of aromatic nitrogens is 3. The topological polar surface area (TPSA) is 87.7 Å². The maximum absolute atomic E-state index is 13.1. The zero-order chi connectivity index (χ0) is 20.6. The number of sulfonamides is 1. The van der Waals surface area contributed by atoms with Crippen LogP contribution < -0.4 is 4.72 Å². The summed E-state index contributed by atoms with van der Waals surface area (Å²) in [4.78, 5) is 12.4. The molecule has 3 aromatic rings. The number of halogens is 1. The second-order valence-electron chi connectivity index (χ2n) is 7.98. The predicted molar refractivity (Wildman–Crippen MR) is 111 cm³/mol. The highest BCUT2D eigenvalue weighted by molar-refractivity contribution is 7.90. The van der Waals surface area contributed by atoms with Crippen molar-refractivity contribution in [2.45, 2.75) is 56.7 Å². The minimum absolute atomic E-state index is 0.00731. The average molecular weight is 417 g/mol. The molecule has 0 spiro atoms. The van der Waals surface area contributed by atoms with E-state index in [1.165, 1.54) is 12.1 Å². The summed E-state index contributed by atoms with van der Waals surface area (Å²) in [6.07, 6.45) is 5.22. The molecule has 4 rings (SSSR count). The first-order chi connectivity index (χ1) is 13.8. The zero-order valence-corrected chi connectivity index (χ0v) is 17.3. The molecule has 154 valence electrons. The van der Waals surface area contributed by atoms with E-state index in [0.717, 1.165) is 48.0 Å². The second-order valence-corrected chi connectivity index (χ2v) is 10.3. The van der Waals surface area contributed by atoms with Gasteiger partial charge in [0.05, 0.1) is 22.5 Å². The number of hydrogen-bond donors (Lipinski definition) is 2. The van der Waals surface area contributed by atoms with Crippen LogP contribution in [0.15, 0.2) is 36.5 Å². The molecule has 0 saturated heterocycles. The van der Waals surface area contributed by atoms with Crippen LogP contribution in [-0.2, 0) is 10.0 Å². The van der Waals surface area contributed by atoms with Gasteiger partial charge in [-0.05, 0) is 75.8 Å². The van der Waals surface area contributed by atoms with Crippen LogP contribution in [0.4, 0.5) is 4.39 Å². The largest absolute Gasteiger partial charge is 0.356 e. The van der Waals surface area contributed by atoms with Crippen molar-refractivity contribution in [3.63, 3.8) is 0 Å². The summed E-state index contributed by atoms with van der Waals surface area (Å²) in [5.74, 6) is 0.623. The molecule has 8 heteroatoms. The summed E-state index contributed by atoms with van der Waals surface area (Å²) in [6, 6.07) is 8.20. The van der Waals surface area contributed by atoms with Crippen LogP contribution in [0.1, 0.15) is 51.1 Å². The van der Waals surface area contributed by atoms with Gasteiger partial charge in [0.25, 0.3) is 0 Å². The minimum atomic E-state index is -3.23. The van der Waals surface area contributed by atoms with Crippen LogP contribution in [0.25, 0.3) is 22.4 Å². The highest BCUT2D eigenvalue weighted by atomic mass is 32.2. The van der Waals surface area contributed by atoms with E-state index in [2.05, 4.69) is 19.7 Å². The third kappa shape index (κ3) is 4.33. The van der Waals surface area contributed by atoms with E-state index in [9.17, 15) is 12.8 Å². The summed E-state index contributed by atoms with van der Waals surface area (Å²) in [5.41, 5.74) is 3.58. The lowest BCUT2D eigenvalue weighted by Crippen LogP contribution is -2.40. The fraction of sp³-hybridized carbons (Fsp3) is 0.429. The molecule has 1 saturated carbocycles. The van der Waals surface area contributed by atoms with Crippen molar-refractivity contribution in [1.82, 2.24) is 19.7 Å². The van der Waals surface area contributed by atoms with Crippen LogP contribution in [0, 0.1) is 5.82 Å². The highest BCUT2D eigenvalue weighted by Gasteiger charge is 2.27. The lowest BCUT2D eigenvalue weighted by molar-refractivity contribution is 0.370. The molecule has 2 N–H and O–H groups in total. The van der Waals surface area contributed by atoms with Gasteiger partial charge < -0.3 is 4.98 Å². The van der Waals surface area contributed by atoms with Gasteiger partial charge in [-0.15, -0.1) is 0 Å². The molecule has 2 aromatic heterocycles. The summed E-state index contributed by atoms with van der Waals surface area (Å²) in [6.45, 7) is 3.39. The van der Waals surface area contributed by atoms with E-state index in [0.29, 0.717) is 11.7 Å². The normalized spacial score (nSPS) is 20.4. The van der Waals surface area contributed by atoms with Crippen LogP contribution in [-0.4, -0.2) is 34.7 Å². The van der Waals surface area contributed by atoms with Gasteiger partial charge in [0, 0.05) is 17.3 Å².